The maximum Gasteiger partial charge on any atom is 0.0462 e. The monoisotopic (exact) mass is 603 g/mol. The molecule has 0 aliphatic heterocycles. The molecule has 216 valence electrons. The number of nitrogens with zero attached hydrogens (tertiary/aromatic N) is 1. The molecule has 0 spiro atoms. The molecule has 2 heteroatoms. The quantitative estimate of drug-likeness (QED) is 0.177. The van der Waals surface area contributed by atoms with Crippen LogP contribution in [0, 0.1) is 0 Å². The summed E-state index contributed by atoms with van der Waals surface area (Å²) in [6.45, 7) is 0. The Bertz CT molecular complexity index is 2490. The van der Waals surface area contributed by atoms with Crippen molar-refractivity contribution in [3.8, 4) is 22.3 Å². The summed E-state index contributed by atoms with van der Waals surface area (Å²) in [5.41, 5.74) is 8.25. The molecule has 0 aliphatic carbocycles. The zero-order valence-electron chi connectivity index (χ0n) is 25.1. The molecule has 0 fully saturated rings. The zero-order chi connectivity index (χ0) is 30.5. The highest BCUT2D eigenvalue weighted by atomic mass is 32.1. The van der Waals surface area contributed by atoms with E-state index in [2.05, 4.69) is 181 Å². The average Bonchev–Trinajstić information content (AvgIpc) is 3.52. The van der Waals surface area contributed by atoms with Crippen LogP contribution < -0.4 is 4.90 Å². The van der Waals surface area contributed by atoms with Crippen molar-refractivity contribution in [1.82, 2.24) is 0 Å². The van der Waals surface area contributed by atoms with Crippen molar-refractivity contribution in [2.75, 3.05) is 4.90 Å². The van der Waals surface area contributed by atoms with Gasteiger partial charge in [0.15, 0.2) is 0 Å². The molecule has 46 heavy (non-hydrogen) atoms. The van der Waals surface area contributed by atoms with Crippen LogP contribution in [0.1, 0.15) is 0 Å². The van der Waals surface area contributed by atoms with Crippen LogP contribution in [0.2, 0.25) is 0 Å². The fourth-order valence-electron chi connectivity index (χ4n) is 6.80. The van der Waals surface area contributed by atoms with Gasteiger partial charge in [0.2, 0.25) is 0 Å². The highest BCUT2D eigenvalue weighted by Crippen LogP contribution is 2.42. The molecular weight excluding hydrogens is 575 g/mol. The molecule has 0 aliphatic rings. The van der Waals surface area contributed by atoms with Crippen LogP contribution in [-0.2, 0) is 0 Å². The van der Waals surface area contributed by atoms with E-state index in [0.717, 1.165) is 17.1 Å². The summed E-state index contributed by atoms with van der Waals surface area (Å²) in [7, 11) is 0. The van der Waals surface area contributed by atoms with Crippen molar-refractivity contribution >= 4 is 70.1 Å². The minimum atomic E-state index is 1.13. The van der Waals surface area contributed by atoms with E-state index in [0.29, 0.717) is 0 Å². The molecule has 1 heterocycles. The molecule has 9 rings (SSSR count). The van der Waals surface area contributed by atoms with E-state index in [4.69, 9.17) is 0 Å². The smallest absolute Gasteiger partial charge is 0.0462 e. The lowest BCUT2D eigenvalue weighted by Crippen LogP contribution is -2.09. The highest BCUT2D eigenvalue weighted by molar-refractivity contribution is 7.26. The van der Waals surface area contributed by atoms with E-state index in [9.17, 15) is 0 Å². The van der Waals surface area contributed by atoms with Gasteiger partial charge in [-0.1, -0.05) is 121 Å². The third-order valence-corrected chi connectivity index (χ3v) is 10.2. The maximum atomic E-state index is 2.38. The van der Waals surface area contributed by atoms with Gasteiger partial charge in [-0.2, -0.15) is 0 Å². The molecular formula is C44H29NS. The number of rotatable bonds is 5. The van der Waals surface area contributed by atoms with Gasteiger partial charge in [0, 0.05) is 37.2 Å². The number of thiophene rings is 1. The first-order chi connectivity index (χ1) is 22.8. The molecule has 0 radical (unpaired) electrons. The van der Waals surface area contributed by atoms with Crippen LogP contribution in [0.25, 0.3) is 64.0 Å². The van der Waals surface area contributed by atoms with Crippen molar-refractivity contribution in [1.29, 1.82) is 0 Å². The molecule has 0 atom stereocenters. The number of benzene rings is 8. The van der Waals surface area contributed by atoms with Gasteiger partial charge in [-0.05, 0) is 98.4 Å². The van der Waals surface area contributed by atoms with Gasteiger partial charge in [-0.3, -0.25) is 0 Å². The molecule has 0 saturated carbocycles. The zero-order valence-corrected chi connectivity index (χ0v) is 25.9. The predicted octanol–water partition coefficient (Wildman–Crippen LogP) is 13.2. The third-order valence-electron chi connectivity index (χ3n) is 9.05. The number of anilines is 3. The van der Waals surface area contributed by atoms with Crippen LogP contribution in [0.4, 0.5) is 17.1 Å². The number of hydrogen-bond acceptors (Lipinski definition) is 2. The molecule has 0 N–H and O–H groups in total. The summed E-state index contributed by atoms with van der Waals surface area (Å²) in [5.74, 6) is 0. The van der Waals surface area contributed by atoms with Gasteiger partial charge in [-0.15, -0.1) is 11.3 Å². The first kappa shape index (κ1) is 26.7. The lowest BCUT2D eigenvalue weighted by Gasteiger charge is -2.26. The Labute approximate surface area is 272 Å². The fraction of sp³-hybridized carbons (Fsp3) is 0. The molecule has 0 unspecified atom stereocenters. The Morgan fingerprint density at radius 1 is 0.326 bits per heavy atom. The second-order valence-corrected chi connectivity index (χ2v) is 12.9. The first-order valence-electron chi connectivity index (χ1n) is 15.7. The van der Waals surface area contributed by atoms with E-state index in [1.807, 2.05) is 11.3 Å². The van der Waals surface area contributed by atoms with Crippen LogP contribution in [0.3, 0.4) is 0 Å². The highest BCUT2D eigenvalue weighted by Gasteiger charge is 2.15. The Kier molecular flexibility index (Phi) is 6.40. The molecule has 0 amide bonds. The van der Waals surface area contributed by atoms with Crippen molar-refractivity contribution in [3.63, 3.8) is 0 Å². The number of hydrogen-bond donors (Lipinski definition) is 0. The topological polar surface area (TPSA) is 3.24 Å². The van der Waals surface area contributed by atoms with Crippen LogP contribution in [0.5, 0.6) is 0 Å². The minimum absolute atomic E-state index is 1.13. The van der Waals surface area contributed by atoms with Gasteiger partial charge in [0.05, 0.1) is 0 Å². The van der Waals surface area contributed by atoms with E-state index in [1.165, 1.54) is 64.0 Å². The molecule has 0 saturated heterocycles. The van der Waals surface area contributed by atoms with Crippen molar-refractivity contribution in [2.24, 2.45) is 0 Å². The summed E-state index contributed by atoms with van der Waals surface area (Å²) in [4.78, 5) is 2.32. The Morgan fingerprint density at radius 3 is 1.59 bits per heavy atom. The average molecular weight is 604 g/mol. The second-order valence-electron chi connectivity index (χ2n) is 11.8. The minimum Gasteiger partial charge on any atom is -0.311 e. The normalized spacial score (nSPS) is 11.5. The van der Waals surface area contributed by atoms with Crippen molar-refractivity contribution in [3.05, 3.63) is 176 Å². The third kappa shape index (κ3) is 4.54. The molecule has 9 aromatic rings. The summed E-state index contributed by atoms with van der Waals surface area (Å²) < 4.78 is 2.68. The molecule has 1 nitrogen and oxygen atoms in total. The van der Waals surface area contributed by atoms with Crippen LogP contribution >= 0.6 is 11.3 Å². The summed E-state index contributed by atoms with van der Waals surface area (Å²) in [6, 6.07) is 63.8. The maximum absolute atomic E-state index is 2.38. The van der Waals surface area contributed by atoms with Crippen molar-refractivity contribution < 1.29 is 0 Å². The standard InChI is InChI=1S/C44H29NS/c1-3-9-30(10-4-1)31-19-24-37(25-20-31)45(36-11-5-2-6-12-36)38-26-21-32(22-27-38)35-18-16-33-15-17-34-23-28-42-44(43(34)40(33)29-35)39-13-7-8-14-41(39)46-42/h1-29H. The van der Waals surface area contributed by atoms with E-state index in [1.54, 1.807) is 0 Å². The molecule has 1 aromatic heterocycles. The lowest BCUT2D eigenvalue weighted by molar-refractivity contribution is 1.28. The Morgan fingerprint density at radius 2 is 0.848 bits per heavy atom. The number of fused-ring (bicyclic) bond motifs is 7. The van der Waals surface area contributed by atoms with E-state index < -0.39 is 0 Å². The van der Waals surface area contributed by atoms with Gasteiger partial charge < -0.3 is 4.90 Å². The van der Waals surface area contributed by atoms with Crippen LogP contribution in [0.15, 0.2) is 176 Å². The predicted molar refractivity (Wildman–Crippen MR) is 200 cm³/mol. The van der Waals surface area contributed by atoms with Gasteiger partial charge in [0.1, 0.15) is 0 Å². The van der Waals surface area contributed by atoms with Gasteiger partial charge in [-0.25, -0.2) is 0 Å². The number of para-hydroxylation sites is 1. The Hall–Kier alpha value is -5.70. The first-order valence-corrected chi connectivity index (χ1v) is 16.5. The van der Waals surface area contributed by atoms with Gasteiger partial charge >= 0.3 is 0 Å². The van der Waals surface area contributed by atoms with E-state index in [-0.39, 0.29) is 0 Å². The van der Waals surface area contributed by atoms with E-state index >= 15 is 0 Å². The fourth-order valence-corrected chi connectivity index (χ4v) is 7.91. The largest absolute Gasteiger partial charge is 0.311 e. The van der Waals surface area contributed by atoms with Crippen LogP contribution in [-0.4, -0.2) is 0 Å². The SMILES string of the molecule is c1ccc(-c2ccc(N(c3ccccc3)c3ccc(-c4ccc5ccc6ccc7sc8ccccc8c7c6c5c4)cc3)cc2)cc1. The molecule has 0 bridgehead atoms. The summed E-state index contributed by atoms with van der Waals surface area (Å²) >= 11 is 1.88. The van der Waals surface area contributed by atoms with Gasteiger partial charge in [0.25, 0.3) is 0 Å². The Balaban J connectivity index is 1.14. The molecule has 8 aromatic carbocycles. The second kappa shape index (κ2) is 11.0. The summed E-state index contributed by atoms with van der Waals surface area (Å²) in [6.07, 6.45) is 0. The van der Waals surface area contributed by atoms with Crippen molar-refractivity contribution in [2.45, 2.75) is 0 Å². The summed E-state index contributed by atoms with van der Waals surface area (Å²) in [5, 5.41) is 7.91. The lowest BCUT2D eigenvalue weighted by atomic mass is 9.94.